The highest BCUT2D eigenvalue weighted by molar-refractivity contribution is 7.89. The third-order valence-electron chi connectivity index (χ3n) is 5.09. The van der Waals surface area contributed by atoms with Crippen molar-refractivity contribution in [2.75, 3.05) is 13.2 Å². The first-order valence-corrected chi connectivity index (χ1v) is 11.6. The molecule has 0 bridgehead atoms. The van der Waals surface area contributed by atoms with Crippen LogP contribution in [0.15, 0.2) is 29.2 Å². The molecular weight excluding hydrogens is 382 g/mol. The van der Waals surface area contributed by atoms with Crippen LogP contribution in [0.25, 0.3) is 0 Å². The predicted molar refractivity (Wildman–Crippen MR) is 106 cm³/mol. The summed E-state index contributed by atoms with van der Waals surface area (Å²) < 4.78 is 40.2. The van der Waals surface area contributed by atoms with Crippen LogP contribution in [-0.2, 0) is 10.0 Å². The normalized spacial score (nSPS) is 18.4. The van der Waals surface area contributed by atoms with E-state index in [0.29, 0.717) is 23.9 Å². The second kappa shape index (κ2) is 7.11. The van der Waals surface area contributed by atoms with E-state index in [0.717, 1.165) is 40.3 Å². The third-order valence-corrected chi connectivity index (χ3v) is 8.34. The minimum Gasteiger partial charge on any atom is -0.490 e. The summed E-state index contributed by atoms with van der Waals surface area (Å²) in [7, 11) is -3.55. The molecule has 5 nitrogen and oxygen atoms in total. The van der Waals surface area contributed by atoms with Crippen LogP contribution in [0.4, 0.5) is 0 Å². The molecule has 2 aliphatic rings. The van der Waals surface area contributed by atoms with Crippen LogP contribution in [0, 0.1) is 13.8 Å². The second-order valence-corrected chi connectivity index (χ2v) is 10.5. The highest BCUT2D eigenvalue weighted by Gasteiger charge is 2.42. The molecule has 2 heterocycles. The lowest BCUT2D eigenvalue weighted by molar-refractivity contribution is 0.296. The van der Waals surface area contributed by atoms with Crippen molar-refractivity contribution in [2.24, 2.45) is 0 Å². The molecule has 2 aromatic rings. The van der Waals surface area contributed by atoms with Crippen molar-refractivity contribution in [3.63, 3.8) is 0 Å². The molecule has 7 heteroatoms. The van der Waals surface area contributed by atoms with Crippen molar-refractivity contribution in [3.05, 3.63) is 39.6 Å². The van der Waals surface area contributed by atoms with Gasteiger partial charge in [-0.1, -0.05) is 6.07 Å². The number of nitrogens with zero attached hydrogens (tertiary/aromatic N) is 1. The van der Waals surface area contributed by atoms with Crippen molar-refractivity contribution in [3.8, 4) is 11.5 Å². The third kappa shape index (κ3) is 3.60. The largest absolute Gasteiger partial charge is 0.490 e. The van der Waals surface area contributed by atoms with Crippen LogP contribution in [0.5, 0.6) is 11.5 Å². The predicted octanol–water partition coefficient (Wildman–Crippen LogP) is 4.44. The van der Waals surface area contributed by atoms with Crippen LogP contribution in [0.2, 0.25) is 0 Å². The Balaban J connectivity index is 1.70. The van der Waals surface area contributed by atoms with Gasteiger partial charge in [0.2, 0.25) is 10.0 Å². The number of sulfonamides is 1. The fraction of sp³-hybridized carbons (Fsp3) is 0.500. The number of rotatable bonds is 5. The maximum atomic E-state index is 13.5. The molecular formula is C20H25NO4S2. The zero-order valence-corrected chi connectivity index (χ0v) is 17.5. The van der Waals surface area contributed by atoms with Gasteiger partial charge in [0.25, 0.3) is 0 Å². The Labute approximate surface area is 165 Å². The van der Waals surface area contributed by atoms with Crippen LogP contribution in [0.1, 0.15) is 47.5 Å². The zero-order chi connectivity index (χ0) is 19.2. The van der Waals surface area contributed by atoms with Gasteiger partial charge in [-0.25, -0.2) is 8.42 Å². The molecule has 4 rings (SSSR count). The van der Waals surface area contributed by atoms with E-state index in [4.69, 9.17) is 9.47 Å². The van der Waals surface area contributed by atoms with E-state index in [1.54, 1.807) is 10.4 Å². The summed E-state index contributed by atoms with van der Waals surface area (Å²) in [4.78, 5) is 2.31. The molecule has 0 N–H and O–H groups in total. The molecule has 1 aliphatic heterocycles. The number of benzene rings is 1. The van der Waals surface area contributed by atoms with Gasteiger partial charge >= 0.3 is 0 Å². The summed E-state index contributed by atoms with van der Waals surface area (Å²) in [5.74, 6) is 1.43. The lowest BCUT2D eigenvalue weighted by Gasteiger charge is -2.29. The highest BCUT2D eigenvalue weighted by Crippen LogP contribution is 2.42. The molecule has 0 spiro atoms. The Morgan fingerprint density at radius 2 is 1.81 bits per heavy atom. The minimum atomic E-state index is -3.55. The highest BCUT2D eigenvalue weighted by atomic mass is 32.2. The standard InChI is InChI=1S/C20H25NO4S2/c1-13-11-20(15(3)26-13)27(22,23)21(17-6-7-17)14(2)16-5-8-18-19(12-16)25-10-4-9-24-18/h5,8,11-12,14,17H,4,6-7,9-10H2,1-3H3/t14-/m0/s1. The van der Waals surface area contributed by atoms with Crippen molar-refractivity contribution >= 4 is 21.4 Å². The molecule has 1 atom stereocenters. The summed E-state index contributed by atoms with van der Waals surface area (Å²) in [5.41, 5.74) is 0.930. The molecule has 0 saturated heterocycles. The first-order chi connectivity index (χ1) is 12.9. The minimum absolute atomic E-state index is 0.0700. The molecule has 0 radical (unpaired) electrons. The van der Waals surface area contributed by atoms with E-state index >= 15 is 0 Å². The van der Waals surface area contributed by atoms with Crippen molar-refractivity contribution in [1.82, 2.24) is 4.31 Å². The van der Waals surface area contributed by atoms with Gasteiger partial charge in [-0.05, 0) is 57.4 Å². The van der Waals surface area contributed by atoms with Gasteiger partial charge < -0.3 is 9.47 Å². The van der Waals surface area contributed by atoms with Gasteiger partial charge in [-0.15, -0.1) is 11.3 Å². The fourth-order valence-electron chi connectivity index (χ4n) is 3.61. The summed E-state index contributed by atoms with van der Waals surface area (Å²) in [6.07, 6.45) is 2.67. The first kappa shape index (κ1) is 18.8. The van der Waals surface area contributed by atoms with Gasteiger partial charge in [0, 0.05) is 28.3 Å². The lowest BCUT2D eigenvalue weighted by atomic mass is 10.1. The number of fused-ring (bicyclic) bond motifs is 1. The quantitative estimate of drug-likeness (QED) is 0.735. The SMILES string of the molecule is Cc1cc(S(=O)(=O)N(C2CC2)[C@@H](C)c2ccc3c(c2)OCCCO3)c(C)s1. The molecule has 1 aliphatic carbocycles. The van der Waals surface area contributed by atoms with Crippen molar-refractivity contribution in [2.45, 2.75) is 57.0 Å². The van der Waals surface area contributed by atoms with E-state index in [1.807, 2.05) is 39.0 Å². The molecule has 1 aromatic heterocycles. The Kier molecular flexibility index (Phi) is 4.94. The van der Waals surface area contributed by atoms with Crippen LogP contribution >= 0.6 is 11.3 Å². The summed E-state index contributed by atoms with van der Waals surface area (Å²) in [6.45, 7) is 7.05. The molecule has 27 heavy (non-hydrogen) atoms. The molecule has 146 valence electrons. The second-order valence-electron chi connectivity index (χ2n) is 7.28. The van der Waals surface area contributed by atoms with E-state index in [1.165, 1.54) is 11.3 Å². The smallest absolute Gasteiger partial charge is 0.244 e. The van der Waals surface area contributed by atoms with Gasteiger partial charge in [-0.3, -0.25) is 0 Å². The number of aryl methyl sites for hydroxylation is 2. The Hall–Kier alpha value is -1.57. The van der Waals surface area contributed by atoms with Crippen LogP contribution < -0.4 is 9.47 Å². The van der Waals surface area contributed by atoms with E-state index in [-0.39, 0.29) is 12.1 Å². The molecule has 0 unspecified atom stereocenters. The Morgan fingerprint density at radius 1 is 1.11 bits per heavy atom. The van der Waals surface area contributed by atoms with Crippen LogP contribution in [0.3, 0.4) is 0 Å². The lowest BCUT2D eigenvalue weighted by Crippen LogP contribution is -2.35. The number of ether oxygens (including phenoxy) is 2. The maximum absolute atomic E-state index is 13.5. The Bertz CT molecular complexity index is 947. The maximum Gasteiger partial charge on any atom is 0.244 e. The molecule has 0 amide bonds. The molecule has 1 saturated carbocycles. The zero-order valence-electron chi connectivity index (χ0n) is 15.9. The summed E-state index contributed by atoms with van der Waals surface area (Å²) in [5, 5.41) is 0. The van der Waals surface area contributed by atoms with Gasteiger partial charge in [-0.2, -0.15) is 4.31 Å². The average Bonchev–Trinajstić information content (AvgIpc) is 3.41. The van der Waals surface area contributed by atoms with Crippen LogP contribution in [-0.4, -0.2) is 32.0 Å². The van der Waals surface area contributed by atoms with E-state index < -0.39 is 10.0 Å². The van der Waals surface area contributed by atoms with Gasteiger partial charge in [0.05, 0.1) is 18.1 Å². The molecule has 1 fully saturated rings. The van der Waals surface area contributed by atoms with E-state index in [2.05, 4.69) is 0 Å². The number of hydrogen-bond donors (Lipinski definition) is 0. The first-order valence-electron chi connectivity index (χ1n) is 9.38. The monoisotopic (exact) mass is 407 g/mol. The van der Waals surface area contributed by atoms with Crippen molar-refractivity contribution in [1.29, 1.82) is 0 Å². The summed E-state index contributed by atoms with van der Waals surface area (Å²) in [6, 6.07) is 7.38. The number of thiophene rings is 1. The number of hydrogen-bond acceptors (Lipinski definition) is 5. The molecule has 1 aromatic carbocycles. The van der Waals surface area contributed by atoms with Crippen molar-refractivity contribution < 1.29 is 17.9 Å². The Morgan fingerprint density at radius 3 is 2.44 bits per heavy atom. The van der Waals surface area contributed by atoms with Gasteiger partial charge in [0.1, 0.15) is 0 Å². The van der Waals surface area contributed by atoms with Gasteiger partial charge in [0.15, 0.2) is 11.5 Å². The van der Waals surface area contributed by atoms with E-state index in [9.17, 15) is 8.42 Å². The fourth-order valence-corrected chi connectivity index (χ4v) is 7.01. The topological polar surface area (TPSA) is 55.8 Å². The summed E-state index contributed by atoms with van der Waals surface area (Å²) >= 11 is 1.53. The average molecular weight is 408 g/mol.